The first kappa shape index (κ1) is 30.4. The van der Waals surface area contributed by atoms with E-state index in [2.05, 4.69) is 205 Å². The highest BCUT2D eigenvalue weighted by Crippen LogP contribution is 2.44. The molecule has 9 aromatic carbocycles. The van der Waals surface area contributed by atoms with Crippen molar-refractivity contribution in [2.75, 3.05) is 4.90 Å². The number of nitrogens with zero attached hydrogens (tertiary/aromatic N) is 1. The third-order valence-electron chi connectivity index (χ3n) is 10.3. The fourth-order valence-corrected chi connectivity index (χ4v) is 8.93. The van der Waals surface area contributed by atoms with Crippen molar-refractivity contribution in [2.45, 2.75) is 0 Å². The molecule has 0 amide bonds. The average molecular weight is 680 g/mol. The molecule has 0 radical (unpaired) electrons. The number of rotatable bonds is 6. The van der Waals surface area contributed by atoms with Gasteiger partial charge in [-0.05, 0) is 91.8 Å². The van der Waals surface area contributed by atoms with Crippen LogP contribution in [0, 0.1) is 0 Å². The number of anilines is 3. The second kappa shape index (κ2) is 12.7. The van der Waals surface area contributed by atoms with Gasteiger partial charge in [-0.1, -0.05) is 158 Å². The Balaban J connectivity index is 1.13. The normalized spacial score (nSPS) is 11.5. The minimum Gasteiger partial charge on any atom is -0.310 e. The van der Waals surface area contributed by atoms with Gasteiger partial charge in [0.05, 0.1) is 5.69 Å². The van der Waals surface area contributed by atoms with Gasteiger partial charge in [0.2, 0.25) is 0 Å². The van der Waals surface area contributed by atoms with E-state index in [0.717, 1.165) is 17.1 Å². The van der Waals surface area contributed by atoms with Crippen LogP contribution in [0.1, 0.15) is 0 Å². The maximum Gasteiger partial charge on any atom is 0.0540 e. The Morgan fingerprint density at radius 1 is 0.308 bits per heavy atom. The lowest BCUT2D eigenvalue weighted by atomic mass is 9.95. The molecule has 0 aliphatic carbocycles. The summed E-state index contributed by atoms with van der Waals surface area (Å²) in [6.45, 7) is 0. The van der Waals surface area contributed by atoms with E-state index in [1.165, 1.54) is 75.1 Å². The Morgan fingerprint density at radius 2 is 0.885 bits per heavy atom. The highest BCUT2D eigenvalue weighted by Gasteiger charge is 2.19. The van der Waals surface area contributed by atoms with E-state index in [4.69, 9.17) is 0 Å². The van der Waals surface area contributed by atoms with E-state index in [1.807, 2.05) is 11.3 Å². The Labute approximate surface area is 307 Å². The second-order valence-electron chi connectivity index (χ2n) is 13.3. The molecule has 1 nitrogen and oxygen atoms in total. The van der Waals surface area contributed by atoms with Crippen LogP contribution in [-0.4, -0.2) is 0 Å². The van der Waals surface area contributed by atoms with Crippen molar-refractivity contribution in [3.05, 3.63) is 200 Å². The first-order chi connectivity index (χ1) is 25.8. The number of thiophene rings is 1. The maximum absolute atomic E-state index is 2.42. The monoisotopic (exact) mass is 679 g/mol. The average Bonchev–Trinajstić information content (AvgIpc) is 3.59. The van der Waals surface area contributed by atoms with Crippen molar-refractivity contribution in [2.24, 2.45) is 0 Å². The van der Waals surface area contributed by atoms with Crippen molar-refractivity contribution in [3.8, 4) is 33.4 Å². The summed E-state index contributed by atoms with van der Waals surface area (Å²) in [5.41, 5.74) is 10.6. The predicted molar refractivity (Wildman–Crippen MR) is 225 cm³/mol. The van der Waals surface area contributed by atoms with Gasteiger partial charge < -0.3 is 4.90 Å². The van der Waals surface area contributed by atoms with Gasteiger partial charge in [-0.15, -0.1) is 11.3 Å². The number of para-hydroxylation sites is 1. The first-order valence-electron chi connectivity index (χ1n) is 17.8. The van der Waals surface area contributed by atoms with Crippen LogP contribution < -0.4 is 4.90 Å². The zero-order chi connectivity index (χ0) is 34.4. The van der Waals surface area contributed by atoms with Crippen LogP contribution in [0.15, 0.2) is 200 Å². The van der Waals surface area contributed by atoms with Crippen molar-refractivity contribution in [1.29, 1.82) is 0 Å². The highest BCUT2D eigenvalue weighted by atomic mass is 32.1. The summed E-state index contributed by atoms with van der Waals surface area (Å²) < 4.78 is 2.65. The molecule has 0 unspecified atom stereocenters. The van der Waals surface area contributed by atoms with Gasteiger partial charge in [-0.2, -0.15) is 0 Å². The summed E-state index contributed by atoms with van der Waals surface area (Å²) in [6, 6.07) is 73.0. The third kappa shape index (κ3) is 5.24. The first-order valence-corrected chi connectivity index (χ1v) is 18.6. The van der Waals surface area contributed by atoms with Crippen LogP contribution in [0.2, 0.25) is 0 Å². The van der Waals surface area contributed by atoms with Crippen molar-refractivity contribution in [3.63, 3.8) is 0 Å². The smallest absolute Gasteiger partial charge is 0.0540 e. The Hall–Kier alpha value is -6.48. The van der Waals surface area contributed by atoms with Gasteiger partial charge in [-0.3, -0.25) is 0 Å². The summed E-state index contributed by atoms with van der Waals surface area (Å²) >= 11 is 1.87. The summed E-state index contributed by atoms with van der Waals surface area (Å²) in [7, 11) is 0. The fourth-order valence-electron chi connectivity index (χ4n) is 7.78. The Bertz CT molecular complexity index is 2910. The van der Waals surface area contributed by atoms with E-state index < -0.39 is 0 Å². The fraction of sp³-hybridized carbons (Fsp3) is 0. The molecule has 0 aliphatic rings. The van der Waals surface area contributed by atoms with Crippen LogP contribution in [0.4, 0.5) is 17.1 Å². The van der Waals surface area contributed by atoms with Gasteiger partial charge in [0.25, 0.3) is 0 Å². The van der Waals surface area contributed by atoms with Gasteiger partial charge in [0, 0.05) is 37.1 Å². The molecule has 10 aromatic rings. The number of hydrogen-bond donors (Lipinski definition) is 0. The molecule has 1 aromatic heterocycles. The van der Waals surface area contributed by atoms with Crippen molar-refractivity contribution >= 4 is 70.1 Å². The van der Waals surface area contributed by atoms with Crippen LogP contribution in [0.3, 0.4) is 0 Å². The maximum atomic E-state index is 2.42. The van der Waals surface area contributed by atoms with Crippen molar-refractivity contribution < 1.29 is 0 Å². The lowest BCUT2D eigenvalue weighted by Gasteiger charge is -2.29. The van der Waals surface area contributed by atoms with Crippen LogP contribution >= 0.6 is 11.3 Å². The summed E-state index contributed by atoms with van der Waals surface area (Å²) in [5, 5.41) is 7.63. The van der Waals surface area contributed by atoms with Crippen LogP contribution in [0.25, 0.3) is 75.1 Å². The van der Waals surface area contributed by atoms with Crippen LogP contribution in [0.5, 0.6) is 0 Å². The molecule has 244 valence electrons. The summed E-state index contributed by atoms with van der Waals surface area (Å²) in [5.74, 6) is 0. The predicted octanol–water partition coefficient (Wildman–Crippen LogP) is 14.8. The standard InChI is InChI=1S/C50H33NS/c1-3-18-41-35(12-1)14-10-22-43(41)38-16-9-17-40(32-38)51(48-24-7-5-20-45(48)44-23-11-15-36-13-2-4-19-42(36)44)39-29-26-34(27-30-39)37-28-31-47-46-21-6-8-25-49(46)52-50(47)33-37/h1-33H. The lowest BCUT2D eigenvalue weighted by molar-refractivity contribution is 1.28. The van der Waals surface area contributed by atoms with E-state index in [9.17, 15) is 0 Å². The molecule has 0 N–H and O–H groups in total. The number of benzene rings is 9. The molecule has 1 heterocycles. The zero-order valence-electron chi connectivity index (χ0n) is 28.4. The Kier molecular flexibility index (Phi) is 7.41. The SMILES string of the molecule is c1cc(-c2cccc3ccccc23)cc(N(c2ccc(-c3ccc4c(c3)sc3ccccc34)cc2)c2ccccc2-c2cccc3ccccc23)c1. The molecule has 0 bridgehead atoms. The molecule has 0 saturated heterocycles. The Morgan fingerprint density at radius 3 is 1.69 bits per heavy atom. The van der Waals surface area contributed by atoms with Gasteiger partial charge in [0.15, 0.2) is 0 Å². The highest BCUT2D eigenvalue weighted by molar-refractivity contribution is 7.25. The molecular weight excluding hydrogens is 647 g/mol. The molecule has 2 heteroatoms. The van der Waals surface area contributed by atoms with E-state index >= 15 is 0 Å². The molecule has 0 fully saturated rings. The second-order valence-corrected chi connectivity index (χ2v) is 14.4. The molecule has 52 heavy (non-hydrogen) atoms. The largest absolute Gasteiger partial charge is 0.310 e. The molecule has 10 rings (SSSR count). The van der Waals surface area contributed by atoms with E-state index in [1.54, 1.807) is 0 Å². The number of hydrogen-bond acceptors (Lipinski definition) is 2. The summed E-state index contributed by atoms with van der Waals surface area (Å²) in [4.78, 5) is 2.42. The lowest BCUT2D eigenvalue weighted by Crippen LogP contribution is -2.11. The van der Waals surface area contributed by atoms with Gasteiger partial charge >= 0.3 is 0 Å². The van der Waals surface area contributed by atoms with E-state index in [0.29, 0.717) is 0 Å². The third-order valence-corrected chi connectivity index (χ3v) is 11.4. The summed E-state index contributed by atoms with van der Waals surface area (Å²) in [6.07, 6.45) is 0. The molecule has 0 aliphatic heterocycles. The van der Waals surface area contributed by atoms with Gasteiger partial charge in [0.1, 0.15) is 0 Å². The molecule has 0 atom stereocenters. The van der Waals surface area contributed by atoms with Crippen molar-refractivity contribution in [1.82, 2.24) is 0 Å². The minimum atomic E-state index is 1.11. The molecule has 0 spiro atoms. The topological polar surface area (TPSA) is 3.24 Å². The molecule has 0 saturated carbocycles. The van der Waals surface area contributed by atoms with E-state index in [-0.39, 0.29) is 0 Å². The quantitative estimate of drug-likeness (QED) is 0.169. The molecular formula is C50H33NS. The van der Waals surface area contributed by atoms with Gasteiger partial charge in [-0.25, -0.2) is 0 Å². The number of fused-ring (bicyclic) bond motifs is 5. The zero-order valence-corrected chi connectivity index (χ0v) is 29.2. The minimum absolute atomic E-state index is 1.11. The van der Waals surface area contributed by atoms with Crippen LogP contribution in [-0.2, 0) is 0 Å².